The summed E-state index contributed by atoms with van der Waals surface area (Å²) in [6, 6.07) is 17.7. The fraction of sp³-hybridized carbons (Fsp3) is 0.269. The molecule has 1 amide bonds. The molecular weight excluding hydrogens is 462 g/mol. The van der Waals surface area contributed by atoms with Crippen molar-refractivity contribution in [3.8, 4) is 11.1 Å². The lowest BCUT2D eigenvalue weighted by atomic mass is 10.1. The van der Waals surface area contributed by atoms with Crippen LogP contribution in [0.3, 0.4) is 0 Å². The Balaban J connectivity index is 1.20. The first-order chi connectivity index (χ1) is 17.1. The molecule has 0 aliphatic carbocycles. The maximum absolute atomic E-state index is 12.9. The summed E-state index contributed by atoms with van der Waals surface area (Å²) >= 11 is 1.46. The minimum atomic E-state index is -0.150. The van der Waals surface area contributed by atoms with E-state index in [1.807, 2.05) is 67.0 Å². The number of thiophene rings is 1. The summed E-state index contributed by atoms with van der Waals surface area (Å²) in [5.74, 6) is 0.483. The van der Waals surface area contributed by atoms with Crippen LogP contribution in [0, 0.1) is 0 Å². The zero-order valence-electron chi connectivity index (χ0n) is 19.5. The Bertz CT molecular complexity index is 1360. The molecule has 0 radical (unpaired) electrons. The van der Waals surface area contributed by atoms with Gasteiger partial charge in [0.15, 0.2) is 12.4 Å². The van der Waals surface area contributed by atoms with E-state index < -0.39 is 0 Å². The minimum absolute atomic E-state index is 0.0902. The molecule has 0 spiro atoms. The molecule has 9 heteroatoms. The molecule has 180 valence electrons. The Morgan fingerprint density at radius 2 is 1.89 bits per heavy atom. The highest BCUT2D eigenvalue weighted by Crippen LogP contribution is 2.30. The predicted molar refractivity (Wildman–Crippen MR) is 139 cm³/mol. The fourth-order valence-electron chi connectivity index (χ4n) is 4.31. The van der Waals surface area contributed by atoms with Gasteiger partial charge in [0, 0.05) is 35.4 Å². The predicted octanol–water partition coefficient (Wildman–Crippen LogP) is 2.14. The number of benzene rings is 2. The van der Waals surface area contributed by atoms with Crippen molar-refractivity contribution in [1.29, 1.82) is 0 Å². The number of amides is 1. The third kappa shape index (κ3) is 5.43. The Kier molecular flexibility index (Phi) is 6.89. The Morgan fingerprint density at radius 1 is 1.14 bits per heavy atom. The lowest BCUT2D eigenvalue weighted by molar-refractivity contribution is -0.885. The average Bonchev–Trinajstić information content (AvgIpc) is 3.30. The molecule has 1 aliphatic heterocycles. The van der Waals surface area contributed by atoms with Gasteiger partial charge < -0.3 is 24.8 Å². The van der Waals surface area contributed by atoms with Crippen LogP contribution in [0.5, 0.6) is 0 Å². The van der Waals surface area contributed by atoms with Gasteiger partial charge in [-0.15, -0.1) is 11.3 Å². The first-order valence-electron chi connectivity index (χ1n) is 11.7. The summed E-state index contributed by atoms with van der Waals surface area (Å²) in [5, 5.41) is 5.54. The molecule has 0 bridgehead atoms. The van der Waals surface area contributed by atoms with Gasteiger partial charge in [-0.3, -0.25) is 9.59 Å². The van der Waals surface area contributed by atoms with Crippen LogP contribution < -0.4 is 20.7 Å². The number of morpholine rings is 1. The minimum Gasteiger partial charge on any atom is -0.378 e. The van der Waals surface area contributed by atoms with Crippen LogP contribution in [-0.2, 0) is 16.1 Å². The van der Waals surface area contributed by atoms with Gasteiger partial charge in [-0.1, -0.05) is 30.3 Å². The van der Waals surface area contributed by atoms with Crippen molar-refractivity contribution in [2.24, 2.45) is 0 Å². The van der Waals surface area contributed by atoms with Crippen LogP contribution in [0.4, 0.5) is 11.4 Å². The Hall–Kier alpha value is -3.53. The quantitative estimate of drug-likeness (QED) is 0.369. The van der Waals surface area contributed by atoms with Gasteiger partial charge in [0.2, 0.25) is 0 Å². The number of rotatable bonds is 7. The number of fused-ring (bicyclic) bond motifs is 1. The van der Waals surface area contributed by atoms with Crippen LogP contribution in [0.1, 0.15) is 5.82 Å². The van der Waals surface area contributed by atoms with Crippen LogP contribution >= 0.6 is 11.3 Å². The smallest absolute Gasteiger partial charge is 0.279 e. The molecule has 1 fully saturated rings. The van der Waals surface area contributed by atoms with Crippen molar-refractivity contribution in [3.05, 3.63) is 76.2 Å². The lowest BCUT2D eigenvalue weighted by Crippen LogP contribution is -3.08. The number of hydrogen-bond acceptors (Lipinski definition) is 6. The molecule has 3 N–H and O–H groups in total. The summed E-state index contributed by atoms with van der Waals surface area (Å²) in [5.41, 5.74) is 3.63. The van der Waals surface area contributed by atoms with Crippen molar-refractivity contribution in [2.45, 2.75) is 6.54 Å². The third-order valence-corrected chi connectivity index (χ3v) is 6.91. The number of H-pyrrole nitrogens is 1. The number of nitrogens with one attached hydrogen (secondary N) is 3. The molecular formula is C26H28N5O3S+. The molecule has 0 saturated carbocycles. The number of likely N-dealkylation sites (N-methyl/N-ethyl adjacent to an activating group) is 1. The van der Waals surface area contributed by atoms with Crippen LogP contribution in [0.25, 0.3) is 21.3 Å². The van der Waals surface area contributed by atoms with E-state index in [1.54, 1.807) is 0 Å². The highest BCUT2D eigenvalue weighted by molar-refractivity contribution is 7.17. The fourth-order valence-corrected chi connectivity index (χ4v) is 5.28. The van der Waals surface area contributed by atoms with Crippen molar-refractivity contribution in [1.82, 2.24) is 9.97 Å². The summed E-state index contributed by atoms with van der Waals surface area (Å²) in [6.07, 6.45) is 0. The maximum Gasteiger partial charge on any atom is 0.279 e. The third-order valence-electron chi connectivity index (χ3n) is 6.04. The SMILES string of the molecule is C[NH+](CC(=O)Nc1ccc(N2CCOCC2)cc1)Cc1nc2scc(-c3ccccc3)c2c(=O)[nH]1. The number of hydrogen-bond donors (Lipinski definition) is 3. The second-order valence-electron chi connectivity index (χ2n) is 8.71. The van der Waals surface area contributed by atoms with E-state index in [4.69, 9.17) is 4.74 Å². The molecule has 1 saturated heterocycles. The number of anilines is 2. The largest absolute Gasteiger partial charge is 0.378 e. The van der Waals surface area contributed by atoms with Gasteiger partial charge in [0.1, 0.15) is 11.4 Å². The number of aromatic amines is 1. The molecule has 8 nitrogen and oxygen atoms in total. The molecule has 5 rings (SSSR count). The summed E-state index contributed by atoms with van der Waals surface area (Å²) in [4.78, 5) is 36.9. The first kappa shape index (κ1) is 23.2. The first-order valence-corrected chi connectivity index (χ1v) is 12.5. The maximum atomic E-state index is 12.9. The van der Waals surface area contributed by atoms with Gasteiger partial charge in [0.25, 0.3) is 11.5 Å². The van der Waals surface area contributed by atoms with E-state index in [0.717, 1.165) is 53.7 Å². The zero-order chi connectivity index (χ0) is 24.2. The molecule has 1 atom stereocenters. The van der Waals surface area contributed by atoms with Crippen molar-refractivity contribution < 1.29 is 14.4 Å². The number of ether oxygens (including phenoxy) is 1. The molecule has 3 heterocycles. The summed E-state index contributed by atoms with van der Waals surface area (Å²) < 4.78 is 5.40. The van der Waals surface area contributed by atoms with E-state index in [0.29, 0.717) is 22.6 Å². The topological polar surface area (TPSA) is 91.8 Å². The van der Waals surface area contributed by atoms with E-state index >= 15 is 0 Å². The molecule has 35 heavy (non-hydrogen) atoms. The highest BCUT2D eigenvalue weighted by atomic mass is 32.1. The van der Waals surface area contributed by atoms with Gasteiger partial charge >= 0.3 is 0 Å². The van der Waals surface area contributed by atoms with Crippen molar-refractivity contribution in [3.63, 3.8) is 0 Å². The van der Waals surface area contributed by atoms with Crippen LogP contribution in [0.2, 0.25) is 0 Å². The zero-order valence-corrected chi connectivity index (χ0v) is 20.4. The lowest BCUT2D eigenvalue weighted by Gasteiger charge is -2.28. The van der Waals surface area contributed by atoms with Gasteiger partial charge in [-0.25, -0.2) is 4.98 Å². The summed E-state index contributed by atoms with van der Waals surface area (Å²) in [7, 11) is 1.91. The van der Waals surface area contributed by atoms with Crippen molar-refractivity contribution >= 4 is 38.8 Å². The molecule has 2 aromatic heterocycles. The highest BCUT2D eigenvalue weighted by Gasteiger charge is 2.17. The number of carbonyl (C=O) groups excluding carboxylic acids is 1. The number of carbonyl (C=O) groups is 1. The van der Waals surface area contributed by atoms with E-state index in [-0.39, 0.29) is 18.0 Å². The van der Waals surface area contributed by atoms with Crippen molar-refractivity contribution in [2.75, 3.05) is 50.1 Å². The van der Waals surface area contributed by atoms with E-state index in [2.05, 4.69) is 20.2 Å². The molecule has 2 aromatic carbocycles. The molecule has 1 unspecified atom stereocenters. The Morgan fingerprint density at radius 3 is 2.63 bits per heavy atom. The Labute approximate surface area is 207 Å². The standard InChI is InChI=1S/C26H27N5O3S/c1-30(16-23(32)27-19-7-9-20(10-8-19)31-11-13-34-14-12-31)15-22-28-25(33)24-21(17-35-26(24)29-22)18-5-3-2-4-6-18/h2-10,17H,11-16H2,1H3,(H,27,32)(H,28,29,33)/p+1. The number of quaternary nitrogens is 1. The van der Waals surface area contributed by atoms with E-state index in [1.165, 1.54) is 11.3 Å². The van der Waals surface area contributed by atoms with Gasteiger partial charge in [-0.2, -0.15) is 0 Å². The van der Waals surface area contributed by atoms with Gasteiger partial charge in [-0.05, 0) is 29.8 Å². The van der Waals surface area contributed by atoms with Crippen LogP contribution in [0.15, 0.2) is 64.8 Å². The molecule has 1 aliphatic rings. The number of aromatic nitrogens is 2. The average molecular weight is 491 g/mol. The van der Waals surface area contributed by atoms with Crippen LogP contribution in [-0.4, -0.2) is 55.8 Å². The normalized spacial score (nSPS) is 14.7. The second-order valence-corrected chi connectivity index (χ2v) is 9.57. The van der Waals surface area contributed by atoms with E-state index in [9.17, 15) is 9.59 Å². The number of nitrogens with zero attached hydrogens (tertiary/aromatic N) is 2. The molecule has 4 aromatic rings. The monoisotopic (exact) mass is 490 g/mol. The second kappa shape index (κ2) is 10.4. The summed E-state index contributed by atoms with van der Waals surface area (Å²) in [6.45, 7) is 3.92. The van der Waals surface area contributed by atoms with Gasteiger partial charge in [0.05, 0.1) is 25.6 Å².